The molecule has 1 N–H and O–H groups in total. The van der Waals surface area contributed by atoms with Crippen molar-refractivity contribution in [1.82, 2.24) is 0 Å². The first-order valence-corrected chi connectivity index (χ1v) is 6.69. The summed E-state index contributed by atoms with van der Waals surface area (Å²) in [4.78, 5) is 20.5. The van der Waals surface area contributed by atoms with Crippen molar-refractivity contribution >= 4 is 11.9 Å². The molecule has 0 aliphatic carbocycles. The number of ether oxygens (including phenoxy) is 1. The number of carbonyl (C=O) groups excluding carboxylic acids is 1. The van der Waals surface area contributed by atoms with Crippen LogP contribution in [0.2, 0.25) is 0 Å². The number of aliphatic carboxylic acids is 1. The van der Waals surface area contributed by atoms with Gasteiger partial charge in [0, 0.05) is 12.5 Å². The number of carboxylic acids is 1. The number of allylic oxidation sites excluding steroid dienone is 1. The molecule has 0 atom stereocenters. The van der Waals surface area contributed by atoms with E-state index >= 15 is 0 Å². The Morgan fingerprint density at radius 3 is 2.11 bits per heavy atom. The van der Waals surface area contributed by atoms with E-state index in [1.807, 2.05) is 6.08 Å². The SMILES string of the molecule is C=COC(C)=O.CCCCC=C(CCCC)C(=O)O. The highest BCUT2D eigenvalue weighted by molar-refractivity contribution is 5.86. The Bertz CT molecular complexity index is 293. The van der Waals surface area contributed by atoms with Crippen molar-refractivity contribution in [2.45, 2.75) is 59.3 Å². The third kappa shape index (κ3) is 16.4. The van der Waals surface area contributed by atoms with Gasteiger partial charge in [0.05, 0.1) is 6.26 Å². The predicted octanol–water partition coefficient (Wildman–Crippen LogP) is 4.07. The summed E-state index contributed by atoms with van der Waals surface area (Å²) >= 11 is 0. The summed E-state index contributed by atoms with van der Waals surface area (Å²) in [6.45, 7) is 8.67. The lowest BCUT2D eigenvalue weighted by Crippen LogP contribution is -2.00. The number of hydrogen-bond acceptors (Lipinski definition) is 3. The van der Waals surface area contributed by atoms with Gasteiger partial charge in [0.2, 0.25) is 0 Å². The number of carbonyl (C=O) groups is 2. The summed E-state index contributed by atoms with van der Waals surface area (Å²) in [6, 6.07) is 0. The normalized spacial score (nSPS) is 10.2. The Balaban J connectivity index is 0. The van der Waals surface area contributed by atoms with Crippen molar-refractivity contribution in [1.29, 1.82) is 0 Å². The Labute approximate surface area is 116 Å². The molecule has 0 aromatic rings. The van der Waals surface area contributed by atoms with E-state index in [0.29, 0.717) is 5.57 Å². The van der Waals surface area contributed by atoms with Crippen LogP contribution in [0.4, 0.5) is 0 Å². The number of rotatable bonds is 8. The van der Waals surface area contributed by atoms with E-state index in [1.165, 1.54) is 6.92 Å². The van der Waals surface area contributed by atoms with Gasteiger partial charge in [-0.1, -0.05) is 45.8 Å². The van der Waals surface area contributed by atoms with Gasteiger partial charge in [-0.3, -0.25) is 4.79 Å². The van der Waals surface area contributed by atoms with Gasteiger partial charge in [0.1, 0.15) is 0 Å². The predicted molar refractivity (Wildman–Crippen MR) is 76.7 cm³/mol. The first-order chi connectivity index (χ1) is 8.99. The smallest absolute Gasteiger partial charge is 0.331 e. The Kier molecular flexibility index (Phi) is 15.1. The fraction of sp³-hybridized carbons (Fsp3) is 0.600. The van der Waals surface area contributed by atoms with E-state index in [9.17, 15) is 9.59 Å². The van der Waals surface area contributed by atoms with E-state index < -0.39 is 5.97 Å². The zero-order valence-electron chi connectivity index (χ0n) is 12.3. The number of esters is 1. The molecule has 0 radical (unpaired) electrons. The lowest BCUT2D eigenvalue weighted by atomic mass is 10.1. The van der Waals surface area contributed by atoms with Gasteiger partial charge < -0.3 is 9.84 Å². The highest BCUT2D eigenvalue weighted by Crippen LogP contribution is 2.10. The van der Waals surface area contributed by atoms with Gasteiger partial charge in [-0.15, -0.1) is 0 Å². The van der Waals surface area contributed by atoms with Crippen LogP contribution in [0.25, 0.3) is 0 Å². The molecule has 0 aromatic carbocycles. The van der Waals surface area contributed by atoms with Crippen LogP contribution in [-0.2, 0) is 14.3 Å². The van der Waals surface area contributed by atoms with Gasteiger partial charge in [-0.05, 0) is 19.3 Å². The topological polar surface area (TPSA) is 63.6 Å². The Morgan fingerprint density at radius 2 is 1.79 bits per heavy atom. The number of carboxylic acid groups (broad SMARTS) is 1. The van der Waals surface area contributed by atoms with E-state index in [-0.39, 0.29) is 5.97 Å². The van der Waals surface area contributed by atoms with Gasteiger partial charge in [-0.2, -0.15) is 0 Å². The quantitative estimate of drug-likeness (QED) is 0.312. The Morgan fingerprint density at radius 1 is 1.21 bits per heavy atom. The summed E-state index contributed by atoms with van der Waals surface area (Å²) < 4.78 is 4.17. The van der Waals surface area contributed by atoms with E-state index in [1.54, 1.807) is 0 Å². The van der Waals surface area contributed by atoms with Crippen LogP contribution in [0.5, 0.6) is 0 Å². The van der Waals surface area contributed by atoms with Crippen molar-refractivity contribution in [3.63, 3.8) is 0 Å². The third-order valence-electron chi connectivity index (χ3n) is 2.27. The molecule has 19 heavy (non-hydrogen) atoms. The van der Waals surface area contributed by atoms with Gasteiger partial charge >= 0.3 is 11.9 Å². The number of hydrogen-bond donors (Lipinski definition) is 1. The minimum absolute atomic E-state index is 0.329. The van der Waals surface area contributed by atoms with Crippen LogP contribution in [0.15, 0.2) is 24.5 Å². The maximum Gasteiger partial charge on any atom is 0.331 e. The molecule has 4 nitrogen and oxygen atoms in total. The van der Waals surface area contributed by atoms with Gasteiger partial charge in [-0.25, -0.2) is 4.79 Å². The van der Waals surface area contributed by atoms with Crippen molar-refractivity contribution in [3.05, 3.63) is 24.5 Å². The van der Waals surface area contributed by atoms with Gasteiger partial charge in [0.15, 0.2) is 0 Å². The minimum Gasteiger partial charge on any atom is -0.478 e. The van der Waals surface area contributed by atoms with Crippen molar-refractivity contribution in [3.8, 4) is 0 Å². The standard InChI is InChI=1S/C11H20O2.C4H6O2/c1-3-5-7-9-10(11(12)13)8-6-4-2;1-3-6-4(2)5/h9H,3-8H2,1-2H3,(H,12,13);3H,1H2,2H3. The molecule has 0 spiro atoms. The molecule has 0 heterocycles. The molecule has 0 unspecified atom stereocenters. The Hall–Kier alpha value is -1.58. The molecule has 0 rings (SSSR count). The minimum atomic E-state index is -0.746. The molecule has 0 aromatic heterocycles. The second-order valence-corrected chi connectivity index (χ2v) is 4.06. The summed E-state index contributed by atoms with van der Waals surface area (Å²) in [5.74, 6) is -1.07. The summed E-state index contributed by atoms with van der Waals surface area (Å²) in [5, 5.41) is 8.83. The molecule has 0 saturated carbocycles. The monoisotopic (exact) mass is 270 g/mol. The summed E-state index contributed by atoms with van der Waals surface area (Å²) in [5.41, 5.74) is 0.593. The van der Waals surface area contributed by atoms with Crippen LogP contribution in [-0.4, -0.2) is 17.0 Å². The van der Waals surface area contributed by atoms with E-state index in [2.05, 4.69) is 25.2 Å². The van der Waals surface area contributed by atoms with Crippen molar-refractivity contribution < 1.29 is 19.4 Å². The molecule has 0 bridgehead atoms. The van der Waals surface area contributed by atoms with Crippen molar-refractivity contribution in [2.75, 3.05) is 0 Å². The van der Waals surface area contributed by atoms with Crippen LogP contribution in [0.3, 0.4) is 0 Å². The molecule has 0 aliphatic heterocycles. The molecule has 0 saturated heterocycles. The third-order valence-corrected chi connectivity index (χ3v) is 2.27. The second kappa shape index (κ2) is 14.5. The van der Waals surface area contributed by atoms with Crippen LogP contribution < -0.4 is 0 Å². The molecule has 4 heteroatoms. The summed E-state index contributed by atoms with van der Waals surface area (Å²) in [6.07, 6.45) is 8.84. The molecular formula is C15H26O4. The zero-order chi connectivity index (χ0) is 15.1. The fourth-order valence-electron chi connectivity index (χ4n) is 1.26. The zero-order valence-corrected chi connectivity index (χ0v) is 12.3. The van der Waals surface area contributed by atoms with E-state index in [4.69, 9.17) is 5.11 Å². The van der Waals surface area contributed by atoms with Gasteiger partial charge in [0.25, 0.3) is 0 Å². The summed E-state index contributed by atoms with van der Waals surface area (Å²) in [7, 11) is 0. The van der Waals surface area contributed by atoms with E-state index in [0.717, 1.165) is 44.8 Å². The first kappa shape index (κ1) is 19.8. The maximum absolute atomic E-state index is 10.7. The molecule has 0 aliphatic rings. The molecule has 0 fully saturated rings. The first-order valence-electron chi connectivity index (χ1n) is 6.69. The highest BCUT2D eigenvalue weighted by atomic mass is 16.5. The largest absolute Gasteiger partial charge is 0.478 e. The molecule has 110 valence electrons. The number of unbranched alkanes of at least 4 members (excludes halogenated alkanes) is 3. The average molecular weight is 270 g/mol. The fourth-order valence-corrected chi connectivity index (χ4v) is 1.26. The van der Waals surface area contributed by atoms with Crippen molar-refractivity contribution in [2.24, 2.45) is 0 Å². The maximum atomic E-state index is 10.7. The molecule has 0 amide bonds. The lowest BCUT2D eigenvalue weighted by Gasteiger charge is -2.00. The van der Waals surface area contributed by atoms with Crippen LogP contribution in [0, 0.1) is 0 Å². The molecular weight excluding hydrogens is 244 g/mol. The lowest BCUT2D eigenvalue weighted by molar-refractivity contribution is -0.135. The van der Waals surface area contributed by atoms with Crippen LogP contribution in [0.1, 0.15) is 59.3 Å². The van der Waals surface area contributed by atoms with Crippen LogP contribution >= 0.6 is 0 Å². The second-order valence-electron chi connectivity index (χ2n) is 4.06. The highest BCUT2D eigenvalue weighted by Gasteiger charge is 2.04. The average Bonchev–Trinajstić information content (AvgIpc) is 2.33.